The summed E-state index contributed by atoms with van der Waals surface area (Å²) in [5.74, 6) is 1.91. The Morgan fingerprint density at radius 1 is 1.17 bits per heavy atom. The number of aromatic nitrogens is 3. The van der Waals surface area contributed by atoms with E-state index in [1.807, 2.05) is 31.9 Å². The van der Waals surface area contributed by atoms with Gasteiger partial charge < -0.3 is 15.3 Å². The van der Waals surface area contributed by atoms with Crippen molar-refractivity contribution in [2.45, 2.75) is 13.8 Å². The van der Waals surface area contributed by atoms with Crippen molar-refractivity contribution in [3.05, 3.63) is 64.0 Å². The van der Waals surface area contributed by atoms with Crippen molar-refractivity contribution >= 4 is 52.1 Å². The zero-order valence-electron chi connectivity index (χ0n) is 16.9. The maximum Gasteiger partial charge on any atom is 0.137 e. The number of aliphatic hydroxyl groups is 1. The second-order valence-corrected chi connectivity index (χ2v) is 7.44. The SMILES string of the molecule is CC(=Nc1ccnc(Nc2cc(N(C)CCO)ncn2)c1C)c1c(Cl)cccc1Cl. The van der Waals surface area contributed by atoms with E-state index < -0.39 is 0 Å². The van der Waals surface area contributed by atoms with Crippen LogP contribution in [0.4, 0.5) is 23.1 Å². The van der Waals surface area contributed by atoms with Crippen LogP contribution in [0.1, 0.15) is 18.1 Å². The Bertz CT molecular complexity index is 1050. The van der Waals surface area contributed by atoms with Crippen LogP contribution in [0.25, 0.3) is 0 Å². The molecule has 2 aromatic heterocycles. The van der Waals surface area contributed by atoms with Gasteiger partial charge in [-0.05, 0) is 32.0 Å². The molecule has 0 aliphatic rings. The fourth-order valence-corrected chi connectivity index (χ4v) is 3.53. The highest BCUT2D eigenvalue weighted by atomic mass is 35.5. The van der Waals surface area contributed by atoms with E-state index in [1.165, 1.54) is 6.33 Å². The molecule has 0 aliphatic heterocycles. The summed E-state index contributed by atoms with van der Waals surface area (Å²) in [6.45, 7) is 4.31. The van der Waals surface area contributed by atoms with Crippen LogP contribution in [0.3, 0.4) is 0 Å². The lowest BCUT2D eigenvalue weighted by molar-refractivity contribution is 0.304. The van der Waals surface area contributed by atoms with Gasteiger partial charge in [0.1, 0.15) is 23.8 Å². The first kappa shape index (κ1) is 22.0. The quantitative estimate of drug-likeness (QED) is 0.508. The minimum Gasteiger partial charge on any atom is -0.395 e. The summed E-state index contributed by atoms with van der Waals surface area (Å²) in [5, 5.41) is 13.4. The topological polar surface area (TPSA) is 86.5 Å². The maximum absolute atomic E-state index is 9.12. The monoisotopic (exact) mass is 444 g/mol. The predicted molar refractivity (Wildman–Crippen MR) is 123 cm³/mol. The van der Waals surface area contributed by atoms with Crippen LogP contribution in [0, 0.1) is 6.92 Å². The molecule has 0 saturated carbocycles. The van der Waals surface area contributed by atoms with Gasteiger partial charge in [-0.3, -0.25) is 4.99 Å². The molecule has 3 rings (SSSR count). The summed E-state index contributed by atoms with van der Waals surface area (Å²) in [6, 6.07) is 9.00. The van der Waals surface area contributed by atoms with E-state index in [0.717, 1.165) is 11.3 Å². The largest absolute Gasteiger partial charge is 0.395 e. The van der Waals surface area contributed by atoms with Crippen molar-refractivity contribution in [3.63, 3.8) is 0 Å². The molecule has 7 nitrogen and oxygen atoms in total. The van der Waals surface area contributed by atoms with E-state index in [0.29, 0.717) is 45.3 Å². The summed E-state index contributed by atoms with van der Waals surface area (Å²) in [4.78, 5) is 19.5. The predicted octanol–water partition coefficient (Wildman–Crippen LogP) is 4.80. The van der Waals surface area contributed by atoms with E-state index in [9.17, 15) is 0 Å². The fraction of sp³-hybridized carbons (Fsp3) is 0.238. The first-order valence-corrected chi connectivity index (χ1v) is 10.0. The molecule has 0 fully saturated rings. The van der Waals surface area contributed by atoms with Gasteiger partial charge in [-0.2, -0.15) is 0 Å². The van der Waals surface area contributed by atoms with Crippen LogP contribution in [0.2, 0.25) is 10.0 Å². The van der Waals surface area contributed by atoms with Crippen LogP contribution >= 0.6 is 23.2 Å². The number of hydrogen-bond donors (Lipinski definition) is 2. The number of aliphatic hydroxyl groups excluding tert-OH is 1. The third-order valence-corrected chi connectivity index (χ3v) is 5.14. The molecular weight excluding hydrogens is 423 g/mol. The first-order chi connectivity index (χ1) is 14.4. The first-order valence-electron chi connectivity index (χ1n) is 9.27. The number of pyridine rings is 1. The number of rotatable bonds is 7. The zero-order chi connectivity index (χ0) is 21.7. The van der Waals surface area contributed by atoms with Crippen LogP contribution in [-0.4, -0.2) is 46.0 Å². The maximum atomic E-state index is 9.12. The molecule has 156 valence electrons. The summed E-state index contributed by atoms with van der Waals surface area (Å²) in [6.07, 6.45) is 3.14. The highest BCUT2D eigenvalue weighted by Gasteiger charge is 2.12. The van der Waals surface area contributed by atoms with Gasteiger partial charge in [0, 0.05) is 42.7 Å². The van der Waals surface area contributed by atoms with Crippen molar-refractivity contribution in [2.75, 3.05) is 30.4 Å². The van der Waals surface area contributed by atoms with Gasteiger partial charge in [-0.25, -0.2) is 15.0 Å². The Hall–Kier alpha value is -2.74. The number of aliphatic imine (C=N–C) groups is 1. The minimum atomic E-state index is 0.0405. The Balaban J connectivity index is 1.90. The number of anilines is 3. The summed E-state index contributed by atoms with van der Waals surface area (Å²) < 4.78 is 0. The molecule has 0 radical (unpaired) electrons. The highest BCUT2D eigenvalue weighted by Crippen LogP contribution is 2.30. The van der Waals surface area contributed by atoms with E-state index in [1.54, 1.807) is 30.5 Å². The molecule has 0 unspecified atom stereocenters. The molecule has 0 bridgehead atoms. The van der Waals surface area contributed by atoms with E-state index in [2.05, 4.69) is 20.3 Å². The number of nitrogens with zero attached hydrogens (tertiary/aromatic N) is 5. The van der Waals surface area contributed by atoms with Crippen molar-refractivity contribution in [3.8, 4) is 0 Å². The van der Waals surface area contributed by atoms with Gasteiger partial charge in [0.15, 0.2) is 0 Å². The molecule has 30 heavy (non-hydrogen) atoms. The summed E-state index contributed by atoms with van der Waals surface area (Å²) >= 11 is 12.6. The van der Waals surface area contributed by atoms with Crippen molar-refractivity contribution in [1.82, 2.24) is 15.0 Å². The normalized spacial score (nSPS) is 11.5. The second kappa shape index (κ2) is 9.84. The third-order valence-electron chi connectivity index (χ3n) is 4.51. The molecule has 2 heterocycles. The Morgan fingerprint density at radius 3 is 2.60 bits per heavy atom. The molecule has 9 heteroatoms. The lowest BCUT2D eigenvalue weighted by Crippen LogP contribution is -2.22. The Morgan fingerprint density at radius 2 is 1.90 bits per heavy atom. The van der Waals surface area contributed by atoms with E-state index >= 15 is 0 Å². The van der Waals surface area contributed by atoms with E-state index in [-0.39, 0.29) is 6.61 Å². The summed E-state index contributed by atoms with van der Waals surface area (Å²) in [7, 11) is 1.85. The lowest BCUT2D eigenvalue weighted by Gasteiger charge is -2.17. The number of halogens is 2. The molecule has 1 aromatic carbocycles. The minimum absolute atomic E-state index is 0.0405. The van der Waals surface area contributed by atoms with Crippen LogP contribution in [-0.2, 0) is 0 Å². The van der Waals surface area contributed by atoms with Crippen LogP contribution in [0.15, 0.2) is 47.8 Å². The molecular formula is C21H22Cl2N6O. The molecule has 3 aromatic rings. The van der Waals surface area contributed by atoms with Gasteiger partial charge >= 0.3 is 0 Å². The molecule has 0 aliphatic carbocycles. The Labute approximate surface area is 185 Å². The molecule has 2 N–H and O–H groups in total. The van der Waals surface area contributed by atoms with Gasteiger partial charge in [0.05, 0.1) is 22.3 Å². The van der Waals surface area contributed by atoms with Gasteiger partial charge in [0.2, 0.25) is 0 Å². The van der Waals surface area contributed by atoms with Crippen LogP contribution in [0.5, 0.6) is 0 Å². The molecule has 0 amide bonds. The zero-order valence-corrected chi connectivity index (χ0v) is 18.4. The molecule has 0 saturated heterocycles. The van der Waals surface area contributed by atoms with Crippen molar-refractivity contribution in [1.29, 1.82) is 0 Å². The average molecular weight is 445 g/mol. The van der Waals surface area contributed by atoms with Gasteiger partial charge in [-0.1, -0.05) is 29.3 Å². The smallest absolute Gasteiger partial charge is 0.137 e. The molecule has 0 spiro atoms. The van der Waals surface area contributed by atoms with Gasteiger partial charge in [-0.15, -0.1) is 0 Å². The van der Waals surface area contributed by atoms with E-state index in [4.69, 9.17) is 33.3 Å². The van der Waals surface area contributed by atoms with Crippen molar-refractivity contribution in [2.24, 2.45) is 4.99 Å². The van der Waals surface area contributed by atoms with Gasteiger partial charge in [0.25, 0.3) is 0 Å². The molecule has 0 atom stereocenters. The number of benzene rings is 1. The number of likely N-dealkylation sites (N-methyl/N-ethyl adjacent to an activating group) is 1. The summed E-state index contributed by atoms with van der Waals surface area (Å²) in [5.41, 5.74) is 3.01. The van der Waals surface area contributed by atoms with Crippen LogP contribution < -0.4 is 10.2 Å². The fourth-order valence-electron chi connectivity index (χ4n) is 2.86. The average Bonchev–Trinajstić information content (AvgIpc) is 2.71. The third kappa shape index (κ3) is 5.05. The van der Waals surface area contributed by atoms with Crippen molar-refractivity contribution < 1.29 is 5.11 Å². The number of nitrogens with one attached hydrogen (secondary N) is 1. The standard InChI is InChI=1S/C21H22Cl2N6O/c1-13-17(27-14(2)20-15(22)5-4-6-16(20)23)7-8-24-21(13)28-18-11-19(26-12-25-18)29(3)9-10-30/h4-8,11-12,30H,9-10H2,1-3H3,(H,24,25,26,28). The Kier molecular flexibility index (Phi) is 7.20. The highest BCUT2D eigenvalue weighted by molar-refractivity contribution is 6.40. The lowest BCUT2D eigenvalue weighted by atomic mass is 10.1. The second-order valence-electron chi connectivity index (χ2n) is 6.63. The number of hydrogen-bond acceptors (Lipinski definition) is 7.